The zero-order chi connectivity index (χ0) is 23.8. The van der Waals surface area contributed by atoms with Gasteiger partial charge in [0.15, 0.2) is 0 Å². The highest BCUT2D eigenvalue weighted by Crippen LogP contribution is 2.38. The molecule has 33 heavy (non-hydrogen) atoms. The normalized spacial score (nSPS) is 19.9. The summed E-state index contributed by atoms with van der Waals surface area (Å²) < 4.78 is 71.2. The highest BCUT2D eigenvalue weighted by Gasteiger charge is 2.32. The second-order valence-corrected chi connectivity index (χ2v) is 7.72. The number of rotatable bonds is 6. The van der Waals surface area contributed by atoms with E-state index >= 15 is 0 Å². The van der Waals surface area contributed by atoms with Gasteiger partial charge in [-0.3, -0.25) is 4.40 Å². The fourth-order valence-corrected chi connectivity index (χ4v) is 3.94. The lowest BCUT2D eigenvalue weighted by atomic mass is 10.0. The molecule has 0 bridgehead atoms. The minimum Gasteiger partial charge on any atom is -0.434 e. The molecule has 2 atom stereocenters. The number of halogens is 5. The number of aliphatic hydroxyl groups excluding tert-OH is 1. The average molecular weight is 471 g/mol. The van der Waals surface area contributed by atoms with E-state index in [4.69, 9.17) is 0 Å². The molecule has 7 nitrogen and oxygen atoms in total. The van der Waals surface area contributed by atoms with E-state index in [-0.39, 0.29) is 17.3 Å². The first-order valence-corrected chi connectivity index (χ1v) is 10.3. The van der Waals surface area contributed by atoms with Crippen molar-refractivity contribution in [3.8, 4) is 17.0 Å². The van der Waals surface area contributed by atoms with E-state index in [1.54, 1.807) is 22.7 Å². The summed E-state index contributed by atoms with van der Waals surface area (Å²) in [5.41, 5.74) is -0.675. The number of anilines is 1. The van der Waals surface area contributed by atoms with Gasteiger partial charge in [0.05, 0.1) is 23.2 Å². The molecule has 12 heteroatoms. The molecule has 178 valence electrons. The molecule has 3 heterocycles. The first kappa shape index (κ1) is 23.2. The molecule has 4 rings (SSSR count). The van der Waals surface area contributed by atoms with Gasteiger partial charge in [-0.15, -0.1) is 10.2 Å². The third-order valence-corrected chi connectivity index (χ3v) is 5.67. The predicted octanol–water partition coefficient (Wildman–Crippen LogP) is 3.88. The number of ether oxygens (including phenoxy) is 1. The Kier molecular flexibility index (Phi) is 6.39. The summed E-state index contributed by atoms with van der Waals surface area (Å²) in [4.78, 5) is 2.18. The Labute approximate surface area is 185 Å². The number of piperidine rings is 1. The number of hydrogen-bond donors (Lipinski definition) is 2. The first-order valence-electron chi connectivity index (χ1n) is 10.3. The molecule has 2 N–H and O–H groups in total. The molecule has 1 saturated heterocycles. The highest BCUT2D eigenvalue weighted by atomic mass is 19.4. The number of hydrogen-bond acceptors (Lipinski definition) is 6. The highest BCUT2D eigenvalue weighted by molar-refractivity contribution is 5.81. The van der Waals surface area contributed by atoms with E-state index < -0.39 is 30.2 Å². The molecule has 0 amide bonds. The van der Waals surface area contributed by atoms with Crippen LogP contribution in [0.5, 0.6) is 5.75 Å². The van der Waals surface area contributed by atoms with Crippen LogP contribution in [0.3, 0.4) is 0 Å². The summed E-state index contributed by atoms with van der Waals surface area (Å²) in [7, 11) is 0. The van der Waals surface area contributed by atoms with Crippen molar-refractivity contribution in [1.82, 2.24) is 19.5 Å². The summed E-state index contributed by atoms with van der Waals surface area (Å²) in [6.45, 7) is 0.902. The fourth-order valence-electron chi connectivity index (χ4n) is 3.94. The van der Waals surface area contributed by atoms with Gasteiger partial charge in [-0.25, -0.2) is 0 Å². The maximum atomic E-state index is 13.1. The SMILES string of the molecule is CCN1CC[C@H](O)[C@@H](Nc2nnc(-c3ccc(C(F)(F)F)cc3OC(F)F)c3cccn23)C1. The number of fused-ring (bicyclic) bond motifs is 1. The van der Waals surface area contributed by atoms with Crippen LogP contribution in [0, 0.1) is 0 Å². The maximum Gasteiger partial charge on any atom is 0.416 e. The number of aliphatic hydroxyl groups is 1. The van der Waals surface area contributed by atoms with Gasteiger partial charge in [-0.05, 0) is 43.3 Å². The summed E-state index contributed by atoms with van der Waals surface area (Å²) >= 11 is 0. The summed E-state index contributed by atoms with van der Waals surface area (Å²) in [5, 5.41) is 21.8. The number of benzene rings is 1. The van der Waals surface area contributed by atoms with Gasteiger partial charge in [0.1, 0.15) is 11.4 Å². The monoisotopic (exact) mass is 471 g/mol. The lowest BCUT2D eigenvalue weighted by molar-refractivity contribution is -0.138. The smallest absolute Gasteiger partial charge is 0.416 e. The van der Waals surface area contributed by atoms with Crippen molar-refractivity contribution in [2.75, 3.05) is 25.0 Å². The van der Waals surface area contributed by atoms with Crippen LogP contribution in [0.2, 0.25) is 0 Å². The van der Waals surface area contributed by atoms with Crippen LogP contribution >= 0.6 is 0 Å². The second-order valence-electron chi connectivity index (χ2n) is 7.72. The maximum absolute atomic E-state index is 13.1. The van der Waals surface area contributed by atoms with Gasteiger partial charge in [0.2, 0.25) is 5.95 Å². The standard InChI is InChI=1S/C21H22F5N5O2/c1-2-30-9-7-16(32)14(11-30)27-20-29-28-18(15-4-3-8-31(15)20)13-6-5-12(21(24,25)26)10-17(13)33-19(22)23/h3-6,8,10,14,16,19,32H,2,7,9,11H2,1H3,(H,27,29)/t14-,16-/m0/s1. The van der Waals surface area contributed by atoms with Gasteiger partial charge in [0.25, 0.3) is 0 Å². The molecule has 0 aliphatic carbocycles. The Morgan fingerprint density at radius 1 is 1.24 bits per heavy atom. The Bertz CT molecular complexity index is 1120. The summed E-state index contributed by atoms with van der Waals surface area (Å²) in [6.07, 6.45) is -3.08. The molecule has 1 aliphatic heterocycles. The second kappa shape index (κ2) is 9.10. The van der Waals surface area contributed by atoms with E-state index in [1.165, 1.54) is 0 Å². The molecule has 0 spiro atoms. The molecule has 1 aromatic carbocycles. The zero-order valence-corrected chi connectivity index (χ0v) is 17.6. The van der Waals surface area contributed by atoms with Crippen LogP contribution in [0.25, 0.3) is 16.8 Å². The number of aromatic nitrogens is 3. The Morgan fingerprint density at radius 2 is 2.03 bits per heavy atom. The third-order valence-electron chi connectivity index (χ3n) is 5.67. The molecule has 1 fully saturated rings. The van der Waals surface area contributed by atoms with Crippen molar-refractivity contribution in [3.05, 3.63) is 42.1 Å². The van der Waals surface area contributed by atoms with Crippen molar-refractivity contribution >= 4 is 11.5 Å². The topological polar surface area (TPSA) is 74.9 Å². The van der Waals surface area contributed by atoms with Crippen LogP contribution in [-0.4, -0.2) is 63.0 Å². The minimum atomic E-state index is -4.73. The molecule has 3 aromatic rings. The van der Waals surface area contributed by atoms with Crippen LogP contribution in [0.4, 0.5) is 27.9 Å². The predicted molar refractivity (Wildman–Crippen MR) is 110 cm³/mol. The van der Waals surface area contributed by atoms with Crippen molar-refractivity contribution in [2.45, 2.75) is 38.3 Å². The van der Waals surface area contributed by atoms with E-state index in [1.807, 2.05) is 6.92 Å². The van der Waals surface area contributed by atoms with Crippen molar-refractivity contribution in [1.29, 1.82) is 0 Å². The molecule has 0 saturated carbocycles. The van der Waals surface area contributed by atoms with Gasteiger partial charge >= 0.3 is 12.8 Å². The van der Waals surface area contributed by atoms with Crippen molar-refractivity contribution in [2.24, 2.45) is 0 Å². The first-order chi connectivity index (χ1) is 15.7. The van der Waals surface area contributed by atoms with Crippen LogP contribution < -0.4 is 10.1 Å². The Hall–Kier alpha value is -2.99. The molecule has 0 radical (unpaired) electrons. The largest absolute Gasteiger partial charge is 0.434 e. The summed E-state index contributed by atoms with van der Waals surface area (Å²) in [5.74, 6) is -0.344. The number of nitrogens with one attached hydrogen (secondary N) is 1. The fraction of sp³-hybridized carbons (Fsp3) is 0.429. The quantitative estimate of drug-likeness (QED) is 0.532. The van der Waals surface area contributed by atoms with Crippen LogP contribution in [-0.2, 0) is 6.18 Å². The molecule has 2 aromatic heterocycles. The van der Waals surface area contributed by atoms with Crippen molar-refractivity contribution < 1.29 is 31.8 Å². The van der Waals surface area contributed by atoms with Gasteiger partial charge in [0, 0.05) is 24.8 Å². The zero-order valence-electron chi connectivity index (χ0n) is 17.6. The van der Waals surface area contributed by atoms with E-state index in [0.717, 1.165) is 25.2 Å². The van der Waals surface area contributed by atoms with E-state index in [9.17, 15) is 27.1 Å². The number of alkyl halides is 5. The minimum absolute atomic E-state index is 0.0547. The lowest BCUT2D eigenvalue weighted by Gasteiger charge is -2.36. The van der Waals surface area contributed by atoms with Gasteiger partial charge in [-0.1, -0.05) is 6.92 Å². The number of nitrogens with zero attached hydrogens (tertiary/aromatic N) is 4. The average Bonchev–Trinajstić information content (AvgIpc) is 3.25. The van der Waals surface area contributed by atoms with E-state index in [0.29, 0.717) is 30.5 Å². The molecular weight excluding hydrogens is 449 g/mol. The molecule has 1 aliphatic rings. The molecule has 0 unspecified atom stereocenters. The molecular formula is C21H22F5N5O2. The van der Waals surface area contributed by atoms with Gasteiger partial charge in [-0.2, -0.15) is 22.0 Å². The Morgan fingerprint density at radius 3 is 2.73 bits per heavy atom. The Balaban J connectivity index is 1.73. The number of likely N-dealkylation sites (tertiary alicyclic amines) is 1. The third kappa shape index (κ3) is 4.86. The van der Waals surface area contributed by atoms with Gasteiger partial charge < -0.3 is 20.1 Å². The van der Waals surface area contributed by atoms with Crippen molar-refractivity contribution in [3.63, 3.8) is 0 Å². The van der Waals surface area contributed by atoms with E-state index in [2.05, 4.69) is 25.2 Å². The van der Waals surface area contributed by atoms with Crippen LogP contribution in [0.15, 0.2) is 36.5 Å². The lowest BCUT2D eigenvalue weighted by Crippen LogP contribution is -2.50. The summed E-state index contributed by atoms with van der Waals surface area (Å²) in [6, 6.07) is 5.32. The number of likely N-dealkylation sites (N-methyl/N-ethyl adjacent to an activating group) is 1. The van der Waals surface area contributed by atoms with Crippen LogP contribution in [0.1, 0.15) is 18.9 Å².